The second-order valence-electron chi connectivity index (χ2n) is 6.06. The highest BCUT2D eigenvalue weighted by atomic mass is 32.2. The standard InChI is InChI=1S/C12H22N2O2S/c15-17(16,8-3-11-1-2-11)14-7-5-12(10-14)4-6-13-9-12/h11,13H,1-10H2. The third-order valence-electron chi connectivity index (χ3n) is 4.61. The van der Waals surface area contributed by atoms with Crippen molar-refractivity contribution in [2.75, 3.05) is 31.9 Å². The van der Waals surface area contributed by atoms with Crippen LogP contribution in [0.1, 0.15) is 32.1 Å². The van der Waals surface area contributed by atoms with Crippen molar-refractivity contribution < 1.29 is 8.42 Å². The Bertz CT molecular complexity index is 383. The molecular formula is C12H22N2O2S. The lowest BCUT2D eigenvalue weighted by atomic mass is 9.87. The minimum Gasteiger partial charge on any atom is -0.316 e. The average Bonchev–Trinajstić information content (AvgIpc) is 2.87. The van der Waals surface area contributed by atoms with Crippen molar-refractivity contribution in [3.63, 3.8) is 0 Å². The summed E-state index contributed by atoms with van der Waals surface area (Å²) in [5, 5.41) is 3.37. The van der Waals surface area contributed by atoms with Crippen LogP contribution >= 0.6 is 0 Å². The molecule has 1 atom stereocenters. The number of rotatable bonds is 4. The lowest BCUT2D eigenvalue weighted by Gasteiger charge is -2.22. The van der Waals surface area contributed by atoms with Crippen LogP contribution in [0.2, 0.25) is 0 Å². The molecule has 1 N–H and O–H groups in total. The number of hydrogen-bond donors (Lipinski definition) is 1. The Labute approximate surface area is 104 Å². The van der Waals surface area contributed by atoms with Crippen LogP contribution in [0, 0.1) is 11.3 Å². The molecule has 98 valence electrons. The van der Waals surface area contributed by atoms with Crippen molar-refractivity contribution in [2.45, 2.75) is 32.1 Å². The van der Waals surface area contributed by atoms with E-state index in [2.05, 4.69) is 5.32 Å². The summed E-state index contributed by atoms with van der Waals surface area (Å²) in [6, 6.07) is 0. The predicted molar refractivity (Wildman–Crippen MR) is 67.2 cm³/mol. The molecule has 0 bridgehead atoms. The molecule has 1 aliphatic carbocycles. The molecule has 4 nitrogen and oxygen atoms in total. The molecule has 17 heavy (non-hydrogen) atoms. The summed E-state index contributed by atoms with van der Waals surface area (Å²) in [6.07, 6.45) is 5.54. The second-order valence-corrected chi connectivity index (χ2v) is 8.15. The fraction of sp³-hybridized carbons (Fsp3) is 1.00. The van der Waals surface area contributed by atoms with E-state index in [9.17, 15) is 8.42 Å². The van der Waals surface area contributed by atoms with Crippen molar-refractivity contribution in [1.29, 1.82) is 0 Å². The Morgan fingerprint density at radius 2 is 2.12 bits per heavy atom. The largest absolute Gasteiger partial charge is 0.316 e. The van der Waals surface area contributed by atoms with Crippen LogP contribution in [-0.2, 0) is 10.0 Å². The minimum absolute atomic E-state index is 0.257. The van der Waals surface area contributed by atoms with Gasteiger partial charge in [0.25, 0.3) is 0 Å². The third-order valence-corrected chi connectivity index (χ3v) is 6.46. The van der Waals surface area contributed by atoms with Gasteiger partial charge in [-0.05, 0) is 37.1 Å². The zero-order chi connectivity index (χ0) is 11.9. The van der Waals surface area contributed by atoms with Gasteiger partial charge in [0, 0.05) is 19.6 Å². The highest BCUT2D eigenvalue weighted by molar-refractivity contribution is 7.89. The lowest BCUT2D eigenvalue weighted by Crippen LogP contribution is -2.34. The molecular weight excluding hydrogens is 236 g/mol. The molecule has 0 amide bonds. The van der Waals surface area contributed by atoms with Gasteiger partial charge in [0.1, 0.15) is 0 Å². The number of nitrogens with one attached hydrogen (secondary N) is 1. The van der Waals surface area contributed by atoms with Gasteiger partial charge in [0.05, 0.1) is 5.75 Å². The second kappa shape index (κ2) is 4.21. The highest BCUT2D eigenvalue weighted by Gasteiger charge is 2.44. The van der Waals surface area contributed by atoms with E-state index in [0.717, 1.165) is 45.4 Å². The first-order valence-electron chi connectivity index (χ1n) is 6.78. The van der Waals surface area contributed by atoms with Gasteiger partial charge < -0.3 is 5.32 Å². The number of hydrogen-bond acceptors (Lipinski definition) is 3. The van der Waals surface area contributed by atoms with Crippen LogP contribution in [-0.4, -0.2) is 44.7 Å². The maximum absolute atomic E-state index is 12.2. The maximum atomic E-state index is 12.2. The summed E-state index contributed by atoms with van der Waals surface area (Å²) in [6.45, 7) is 3.55. The molecule has 1 unspecified atom stereocenters. The quantitative estimate of drug-likeness (QED) is 0.811. The zero-order valence-electron chi connectivity index (χ0n) is 10.3. The normalized spacial score (nSPS) is 34.8. The van der Waals surface area contributed by atoms with Crippen molar-refractivity contribution in [1.82, 2.24) is 9.62 Å². The molecule has 1 saturated carbocycles. The number of sulfonamides is 1. The van der Waals surface area contributed by atoms with Gasteiger partial charge in [-0.25, -0.2) is 12.7 Å². The fourth-order valence-corrected chi connectivity index (χ4v) is 4.86. The molecule has 2 saturated heterocycles. The Morgan fingerprint density at radius 3 is 2.76 bits per heavy atom. The summed E-state index contributed by atoms with van der Waals surface area (Å²) < 4.78 is 26.2. The van der Waals surface area contributed by atoms with Gasteiger partial charge in [0.2, 0.25) is 10.0 Å². The Hall–Kier alpha value is -0.130. The van der Waals surface area contributed by atoms with Crippen molar-refractivity contribution in [3.8, 4) is 0 Å². The van der Waals surface area contributed by atoms with E-state index in [1.54, 1.807) is 4.31 Å². The number of nitrogens with zero attached hydrogens (tertiary/aromatic N) is 1. The molecule has 2 aliphatic heterocycles. The van der Waals surface area contributed by atoms with E-state index in [0.29, 0.717) is 11.7 Å². The van der Waals surface area contributed by atoms with Crippen molar-refractivity contribution in [2.24, 2.45) is 11.3 Å². The van der Waals surface area contributed by atoms with Gasteiger partial charge in [-0.3, -0.25) is 0 Å². The van der Waals surface area contributed by atoms with Gasteiger partial charge in [-0.2, -0.15) is 0 Å². The van der Waals surface area contributed by atoms with Crippen molar-refractivity contribution >= 4 is 10.0 Å². The van der Waals surface area contributed by atoms with Crippen LogP contribution in [0.5, 0.6) is 0 Å². The predicted octanol–water partition coefficient (Wildman–Crippen LogP) is 0.802. The van der Waals surface area contributed by atoms with Crippen molar-refractivity contribution in [3.05, 3.63) is 0 Å². The van der Waals surface area contributed by atoms with Crippen LogP contribution in [0.25, 0.3) is 0 Å². The smallest absolute Gasteiger partial charge is 0.214 e. The first-order chi connectivity index (χ1) is 8.10. The third kappa shape index (κ3) is 2.51. The van der Waals surface area contributed by atoms with Crippen LogP contribution in [0.4, 0.5) is 0 Å². The Morgan fingerprint density at radius 1 is 1.29 bits per heavy atom. The molecule has 0 aromatic rings. The van der Waals surface area contributed by atoms with Crippen LogP contribution in [0.3, 0.4) is 0 Å². The van der Waals surface area contributed by atoms with Gasteiger partial charge >= 0.3 is 0 Å². The molecule has 3 rings (SSSR count). The first-order valence-corrected chi connectivity index (χ1v) is 8.39. The fourth-order valence-electron chi connectivity index (χ4n) is 3.13. The summed E-state index contributed by atoms with van der Waals surface area (Å²) in [4.78, 5) is 0. The summed E-state index contributed by atoms with van der Waals surface area (Å²) in [5.74, 6) is 1.08. The van der Waals surface area contributed by atoms with Gasteiger partial charge in [0.15, 0.2) is 0 Å². The van der Waals surface area contributed by atoms with Gasteiger partial charge in [-0.1, -0.05) is 12.8 Å². The first kappa shape index (κ1) is 11.9. The SMILES string of the molecule is O=S(=O)(CCC1CC1)N1CCC2(CCNC2)C1. The molecule has 3 fully saturated rings. The monoisotopic (exact) mass is 258 g/mol. The summed E-state index contributed by atoms with van der Waals surface area (Å²) >= 11 is 0. The molecule has 5 heteroatoms. The van der Waals surface area contributed by atoms with E-state index in [4.69, 9.17) is 0 Å². The summed E-state index contributed by atoms with van der Waals surface area (Å²) in [5.41, 5.74) is 0.257. The summed E-state index contributed by atoms with van der Waals surface area (Å²) in [7, 11) is -2.97. The Kier molecular flexibility index (Phi) is 2.96. The van der Waals surface area contributed by atoms with E-state index in [1.165, 1.54) is 12.8 Å². The molecule has 0 radical (unpaired) electrons. The van der Waals surface area contributed by atoms with E-state index >= 15 is 0 Å². The molecule has 2 heterocycles. The topological polar surface area (TPSA) is 49.4 Å². The molecule has 3 aliphatic rings. The van der Waals surface area contributed by atoms with E-state index in [1.807, 2.05) is 0 Å². The zero-order valence-corrected chi connectivity index (χ0v) is 11.1. The minimum atomic E-state index is -2.97. The van der Waals surface area contributed by atoms with Gasteiger partial charge in [-0.15, -0.1) is 0 Å². The van der Waals surface area contributed by atoms with Crippen LogP contribution < -0.4 is 5.32 Å². The molecule has 0 aromatic carbocycles. The average molecular weight is 258 g/mol. The molecule has 0 aromatic heterocycles. The lowest BCUT2D eigenvalue weighted by molar-refractivity contribution is 0.338. The highest BCUT2D eigenvalue weighted by Crippen LogP contribution is 2.38. The van der Waals surface area contributed by atoms with Crippen LogP contribution in [0.15, 0.2) is 0 Å². The Balaban J connectivity index is 1.60. The van der Waals surface area contributed by atoms with E-state index < -0.39 is 10.0 Å². The maximum Gasteiger partial charge on any atom is 0.214 e. The molecule has 1 spiro atoms. The van der Waals surface area contributed by atoms with E-state index in [-0.39, 0.29) is 5.41 Å².